The molecule has 0 spiro atoms. The number of allylic oxidation sites excluding steroid dienone is 2. The van der Waals surface area contributed by atoms with E-state index in [1.165, 1.54) is 5.57 Å². The zero-order chi connectivity index (χ0) is 13.1. The summed E-state index contributed by atoms with van der Waals surface area (Å²) >= 11 is 0. The molecular weight excluding hydrogens is 212 g/mol. The maximum Gasteiger partial charge on any atom is 0.192 e. The van der Waals surface area contributed by atoms with Crippen molar-refractivity contribution in [3.63, 3.8) is 0 Å². The van der Waals surface area contributed by atoms with E-state index in [9.17, 15) is 0 Å². The molecule has 1 unspecified atom stereocenters. The van der Waals surface area contributed by atoms with E-state index in [0.29, 0.717) is 0 Å². The fourth-order valence-corrected chi connectivity index (χ4v) is 2.64. The molecule has 1 nitrogen and oxygen atoms in total. The van der Waals surface area contributed by atoms with Gasteiger partial charge in [0.05, 0.1) is 6.10 Å². The molecule has 0 heterocycles. The van der Waals surface area contributed by atoms with Gasteiger partial charge in [-0.05, 0) is 44.5 Å². The average Bonchev–Trinajstić information content (AvgIpc) is 1.99. The molecule has 2 heteroatoms. The minimum Gasteiger partial charge on any atom is -0.411 e. The summed E-state index contributed by atoms with van der Waals surface area (Å²) in [5.74, 6) is 0. The van der Waals surface area contributed by atoms with Crippen LogP contribution < -0.4 is 0 Å². The Bertz CT molecular complexity index is 282. The van der Waals surface area contributed by atoms with E-state index in [0.717, 1.165) is 5.57 Å². The smallest absolute Gasteiger partial charge is 0.192 e. The van der Waals surface area contributed by atoms with Crippen LogP contribution in [0.25, 0.3) is 0 Å². The Morgan fingerprint density at radius 1 is 1.25 bits per heavy atom. The van der Waals surface area contributed by atoms with Crippen LogP contribution in [-0.4, -0.2) is 14.4 Å². The van der Waals surface area contributed by atoms with Crippen molar-refractivity contribution in [1.82, 2.24) is 0 Å². The maximum atomic E-state index is 6.29. The van der Waals surface area contributed by atoms with Crippen molar-refractivity contribution in [1.29, 1.82) is 0 Å². The summed E-state index contributed by atoms with van der Waals surface area (Å²) in [7, 11) is -1.65. The van der Waals surface area contributed by atoms with Crippen LogP contribution in [0.3, 0.4) is 0 Å². The largest absolute Gasteiger partial charge is 0.411 e. The number of hydrogen-bond donors (Lipinski definition) is 0. The fourth-order valence-electron chi connectivity index (χ4n) is 1.22. The second-order valence-corrected chi connectivity index (χ2v) is 11.0. The third-order valence-electron chi connectivity index (χ3n) is 3.39. The van der Waals surface area contributed by atoms with Gasteiger partial charge in [0.25, 0.3) is 0 Å². The lowest BCUT2D eigenvalue weighted by Crippen LogP contribution is -2.43. The van der Waals surface area contributed by atoms with Crippen molar-refractivity contribution in [2.24, 2.45) is 0 Å². The summed E-state index contributed by atoms with van der Waals surface area (Å²) < 4.78 is 6.29. The minimum absolute atomic E-state index is 0.192. The van der Waals surface area contributed by atoms with E-state index < -0.39 is 8.32 Å². The SMILES string of the molecule is C=C(C)/C=C(\C)C(C)O[Si](C)(C)C(C)(C)C. The van der Waals surface area contributed by atoms with E-state index >= 15 is 0 Å². The van der Waals surface area contributed by atoms with E-state index in [-0.39, 0.29) is 11.1 Å². The standard InChI is InChI=1S/C14H28OSi/c1-11(2)10-12(3)13(4)15-16(8,9)14(5,6)7/h10,13H,1H2,2-9H3/b12-10+. The van der Waals surface area contributed by atoms with E-state index in [2.05, 4.69) is 60.4 Å². The van der Waals surface area contributed by atoms with E-state index in [1.807, 2.05) is 6.92 Å². The van der Waals surface area contributed by atoms with Gasteiger partial charge in [-0.1, -0.05) is 39.0 Å². The summed E-state index contributed by atoms with van der Waals surface area (Å²) in [6, 6.07) is 0. The quantitative estimate of drug-likeness (QED) is 0.500. The normalized spacial score (nSPS) is 16.1. The first-order valence-electron chi connectivity index (χ1n) is 5.99. The highest BCUT2D eigenvalue weighted by molar-refractivity contribution is 6.74. The molecule has 0 fully saturated rings. The first-order valence-corrected chi connectivity index (χ1v) is 8.90. The Hall–Kier alpha value is -0.343. The molecule has 0 amide bonds. The zero-order valence-electron chi connectivity index (χ0n) is 12.3. The first kappa shape index (κ1) is 15.7. The zero-order valence-corrected chi connectivity index (χ0v) is 13.3. The van der Waals surface area contributed by atoms with Crippen LogP contribution in [0.1, 0.15) is 41.5 Å². The van der Waals surface area contributed by atoms with Crippen molar-refractivity contribution in [3.05, 3.63) is 23.8 Å². The van der Waals surface area contributed by atoms with Crippen LogP contribution >= 0.6 is 0 Å². The molecular formula is C14H28OSi. The average molecular weight is 240 g/mol. The molecule has 0 saturated carbocycles. The van der Waals surface area contributed by atoms with Gasteiger partial charge in [0.1, 0.15) is 0 Å². The molecule has 0 radical (unpaired) electrons. The van der Waals surface area contributed by atoms with Crippen molar-refractivity contribution >= 4 is 8.32 Å². The van der Waals surface area contributed by atoms with E-state index in [1.54, 1.807) is 0 Å². The van der Waals surface area contributed by atoms with Crippen LogP contribution in [0.2, 0.25) is 18.1 Å². The third kappa shape index (κ3) is 4.66. The lowest BCUT2D eigenvalue weighted by atomic mass is 10.1. The monoisotopic (exact) mass is 240 g/mol. The molecule has 0 bridgehead atoms. The highest BCUT2D eigenvalue weighted by atomic mass is 28.4. The van der Waals surface area contributed by atoms with Gasteiger partial charge < -0.3 is 4.43 Å². The summed E-state index contributed by atoms with van der Waals surface area (Å²) in [6.45, 7) is 21.6. The topological polar surface area (TPSA) is 9.23 Å². The Morgan fingerprint density at radius 3 is 2.00 bits per heavy atom. The van der Waals surface area contributed by atoms with Gasteiger partial charge >= 0.3 is 0 Å². The first-order chi connectivity index (χ1) is 6.97. The minimum atomic E-state index is -1.65. The molecule has 0 N–H and O–H groups in total. The molecule has 0 aliphatic rings. The molecule has 1 atom stereocenters. The second-order valence-electron chi connectivity index (χ2n) is 6.26. The van der Waals surface area contributed by atoms with Gasteiger partial charge in [0, 0.05) is 0 Å². The highest BCUT2D eigenvalue weighted by Crippen LogP contribution is 2.37. The molecule has 0 aliphatic carbocycles. The Balaban J connectivity index is 4.69. The summed E-state index contributed by atoms with van der Waals surface area (Å²) in [5.41, 5.74) is 2.35. The van der Waals surface area contributed by atoms with Crippen LogP contribution in [0.5, 0.6) is 0 Å². The predicted molar refractivity (Wildman–Crippen MR) is 76.3 cm³/mol. The van der Waals surface area contributed by atoms with Crippen molar-refractivity contribution in [2.75, 3.05) is 0 Å². The Kier molecular flexibility index (Phi) is 5.21. The van der Waals surface area contributed by atoms with Gasteiger partial charge in [-0.15, -0.1) is 0 Å². The summed E-state index contributed by atoms with van der Waals surface area (Å²) in [5, 5.41) is 0.269. The van der Waals surface area contributed by atoms with Gasteiger partial charge in [-0.2, -0.15) is 0 Å². The molecule has 0 aliphatic heterocycles. The van der Waals surface area contributed by atoms with Gasteiger partial charge in [-0.25, -0.2) is 0 Å². The Morgan fingerprint density at radius 2 is 1.69 bits per heavy atom. The lowest BCUT2D eigenvalue weighted by Gasteiger charge is -2.38. The van der Waals surface area contributed by atoms with Gasteiger partial charge in [0.2, 0.25) is 0 Å². The van der Waals surface area contributed by atoms with Gasteiger partial charge in [0.15, 0.2) is 8.32 Å². The number of hydrogen-bond acceptors (Lipinski definition) is 1. The molecule has 94 valence electrons. The summed E-state index contributed by atoms with van der Waals surface area (Å²) in [6.07, 6.45) is 2.30. The summed E-state index contributed by atoms with van der Waals surface area (Å²) in [4.78, 5) is 0. The molecule has 0 aromatic rings. The third-order valence-corrected chi connectivity index (χ3v) is 7.95. The molecule has 0 rings (SSSR count). The van der Waals surface area contributed by atoms with Crippen LogP contribution in [0, 0.1) is 0 Å². The second kappa shape index (κ2) is 5.33. The Labute approximate surface area is 103 Å². The lowest BCUT2D eigenvalue weighted by molar-refractivity contribution is 0.232. The van der Waals surface area contributed by atoms with Crippen molar-refractivity contribution in [3.8, 4) is 0 Å². The van der Waals surface area contributed by atoms with Crippen LogP contribution in [0.4, 0.5) is 0 Å². The molecule has 0 aromatic heterocycles. The van der Waals surface area contributed by atoms with Crippen LogP contribution in [0.15, 0.2) is 23.8 Å². The van der Waals surface area contributed by atoms with Gasteiger partial charge in [-0.3, -0.25) is 0 Å². The predicted octanol–water partition coefficient (Wildman–Crippen LogP) is 4.92. The number of rotatable bonds is 4. The molecule has 16 heavy (non-hydrogen) atoms. The highest BCUT2D eigenvalue weighted by Gasteiger charge is 2.38. The molecule has 0 aromatic carbocycles. The van der Waals surface area contributed by atoms with Crippen molar-refractivity contribution in [2.45, 2.75) is 65.8 Å². The van der Waals surface area contributed by atoms with Crippen LogP contribution in [-0.2, 0) is 4.43 Å². The van der Waals surface area contributed by atoms with Crippen molar-refractivity contribution < 1.29 is 4.43 Å². The maximum absolute atomic E-state index is 6.29. The molecule has 0 saturated heterocycles. The van der Waals surface area contributed by atoms with E-state index in [4.69, 9.17) is 4.43 Å². The fraction of sp³-hybridized carbons (Fsp3) is 0.714.